The molecule has 0 spiro atoms. The van der Waals surface area contributed by atoms with Gasteiger partial charge in [-0.1, -0.05) is 12.1 Å². The van der Waals surface area contributed by atoms with Gasteiger partial charge < -0.3 is 9.73 Å². The highest BCUT2D eigenvalue weighted by Crippen LogP contribution is 2.16. The number of amides is 1. The van der Waals surface area contributed by atoms with Crippen LogP contribution in [0.2, 0.25) is 0 Å². The Morgan fingerprint density at radius 1 is 1.33 bits per heavy atom. The summed E-state index contributed by atoms with van der Waals surface area (Å²) in [4.78, 5) is 16.1. The highest BCUT2D eigenvalue weighted by molar-refractivity contribution is 6.01. The number of nitrogens with one attached hydrogen (secondary N) is 2. The molecule has 0 saturated heterocycles. The van der Waals surface area contributed by atoms with Crippen LogP contribution >= 0.6 is 0 Å². The topological polar surface area (TPSA) is 83.8 Å². The van der Waals surface area contributed by atoms with Crippen LogP contribution in [0.1, 0.15) is 17.1 Å². The fourth-order valence-corrected chi connectivity index (χ4v) is 1.87. The summed E-state index contributed by atoms with van der Waals surface area (Å²) in [5.41, 5.74) is 3.29. The molecular weight excluding hydrogens is 268 g/mol. The molecule has 2 aromatic heterocycles. The maximum absolute atomic E-state index is 11.8. The average molecular weight is 282 g/mol. The van der Waals surface area contributed by atoms with Crippen LogP contribution in [-0.2, 0) is 4.79 Å². The zero-order valence-corrected chi connectivity index (χ0v) is 11.7. The number of nitrogens with zero attached hydrogens (tertiary/aromatic N) is 2. The summed E-state index contributed by atoms with van der Waals surface area (Å²) in [6, 6.07) is 7.44. The summed E-state index contributed by atoms with van der Waals surface area (Å²) in [6.45, 7) is 3.78. The molecule has 0 aliphatic carbocycles. The Balaban J connectivity index is 1.73. The molecule has 3 rings (SSSR count). The van der Waals surface area contributed by atoms with Crippen molar-refractivity contribution in [2.75, 3.05) is 5.32 Å². The molecular formula is C15H14N4O2. The Morgan fingerprint density at radius 2 is 2.14 bits per heavy atom. The number of hydrogen-bond donors (Lipinski definition) is 2. The third-order valence-electron chi connectivity index (χ3n) is 3.18. The van der Waals surface area contributed by atoms with E-state index in [1.165, 1.54) is 12.2 Å². The summed E-state index contributed by atoms with van der Waals surface area (Å²) < 4.78 is 5.50. The van der Waals surface area contributed by atoms with Crippen molar-refractivity contribution in [2.45, 2.75) is 13.8 Å². The van der Waals surface area contributed by atoms with Crippen molar-refractivity contribution in [1.29, 1.82) is 0 Å². The number of para-hydroxylation sites is 2. The lowest BCUT2D eigenvalue weighted by Gasteiger charge is -1.97. The highest BCUT2D eigenvalue weighted by Gasteiger charge is 2.08. The van der Waals surface area contributed by atoms with Gasteiger partial charge in [0.1, 0.15) is 5.52 Å². The molecule has 3 aromatic rings. The Labute approximate surface area is 120 Å². The lowest BCUT2D eigenvalue weighted by Crippen LogP contribution is -2.09. The fourth-order valence-electron chi connectivity index (χ4n) is 1.87. The van der Waals surface area contributed by atoms with Crippen molar-refractivity contribution in [1.82, 2.24) is 15.2 Å². The minimum absolute atomic E-state index is 0.285. The molecule has 2 N–H and O–H groups in total. The zero-order chi connectivity index (χ0) is 14.8. The number of fused-ring (bicyclic) bond motifs is 1. The van der Waals surface area contributed by atoms with Crippen LogP contribution in [0.4, 0.5) is 5.82 Å². The van der Waals surface area contributed by atoms with E-state index in [-0.39, 0.29) is 5.91 Å². The lowest BCUT2D eigenvalue weighted by atomic mass is 10.3. The van der Waals surface area contributed by atoms with Crippen LogP contribution in [0.15, 0.2) is 34.8 Å². The fraction of sp³-hybridized carbons (Fsp3) is 0.133. The number of carbonyl (C=O) groups excluding carboxylic acids is 1. The molecule has 0 aliphatic heterocycles. The molecule has 6 heteroatoms. The minimum atomic E-state index is -0.285. The SMILES string of the molecule is Cc1[nH]nc(NC(=O)/C=C/c2nc3ccccc3o2)c1C. The Bertz CT molecular complexity index is 796. The van der Waals surface area contributed by atoms with Crippen LogP contribution in [0.5, 0.6) is 0 Å². The first-order valence-electron chi connectivity index (χ1n) is 6.49. The number of aromatic nitrogens is 3. The monoisotopic (exact) mass is 282 g/mol. The van der Waals surface area contributed by atoms with E-state index >= 15 is 0 Å². The smallest absolute Gasteiger partial charge is 0.249 e. The molecule has 0 aliphatic rings. The molecule has 0 unspecified atom stereocenters. The lowest BCUT2D eigenvalue weighted by molar-refractivity contribution is -0.111. The third kappa shape index (κ3) is 2.69. The molecule has 1 amide bonds. The van der Waals surface area contributed by atoms with E-state index in [1.807, 2.05) is 38.1 Å². The summed E-state index contributed by atoms with van der Waals surface area (Å²) in [5.74, 6) is 0.632. The van der Waals surface area contributed by atoms with Gasteiger partial charge in [-0.15, -0.1) is 0 Å². The zero-order valence-electron chi connectivity index (χ0n) is 11.7. The van der Waals surface area contributed by atoms with E-state index in [0.717, 1.165) is 16.8 Å². The van der Waals surface area contributed by atoms with Gasteiger partial charge in [-0.3, -0.25) is 9.89 Å². The predicted octanol–water partition coefficient (Wildman–Crippen LogP) is 2.82. The number of aromatic amines is 1. The van der Waals surface area contributed by atoms with Crippen molar-refractivity contribution in [3.05, 3.63) is 47.5 Å². The normalized spacial score (nSPS) is 11.3. The van der Waals surface area contributed by atoms with Gasteiger partial charge >= 0.3 is 0 Å². The molecule has 0 radical (unpaired) electrons. The molecule has 21 heavy (non-hydrogen) atoms. The number of hydrogen-bond acceptors (Lipinski definition) is 4. The van der Waals surface area contributed by atoms with Gasteiger partial charge in [0.05, 0.1) is 0 Å². The predicted molar refractivity (Wildman–Crippen MR) is 79.7 cm³/mol. The van der Waals surface area contributed by atoms with E-state index < -0.39 is 0 Å². The van der Waals surface area contributed by atoms with Gasteiger partial charge in [0.2, 0.25) is 11.8 Å². The second-order valence-electron chi connectivity index (χ2n) is 4.66. The van der Waals surface area contributed by atoms with E-state index in [4.69, 9.17) is 4.42 Å². The minimum Gasteiger partial charge on any atom is -0.437 e. The first-order chi connectivity index (χ1) is 10.1. The van der Waals surface area contributed by atoms with E-state index in [1.54, 1.807) is 0 Å². The molecule has 106 valence electrons. The van der Waals surface area contributed by atoms with Crippen molar-refractivity contribution >= 4 is 28.9 Å². The van der Waals surface area contributed by atoms with E-state index in [9.17, 15) is 4.79 Å². The molecule has 0 bridgehead atoms. The molecule has 1 aromatic carbocycles. The molecule has 2 heterocycles. The van der Waals surface area contributed by atoms with Gasteiger partial charge in [0.25, 0.3) is 0 Å². The average Bonchev–Trinajstić information content (AvgIpc) is 3.03. The Morgan fingerprint density at radius 3 is 2.86 bits per heavy atom. The molecule has 0 saturated carbocycles. The standard InChI is InChI=1S/C15H14N4O2/c1-9-10(2)18-19-15(9)17-13(20)7-8-14-16-11-5-3-4-6-12(11)21-14/h3-8H,1-2H3,(H2,17,18,19,20)/b8-7+. The summed E-state index contributed by atoms with van der Waals surface area (Å²) >= 11 is 0. The quantitative estimate of drug-likeness (QED) is 0.723. The van der Waals surface area contributed by atoms with Crippen molar-refractivity contribution in [3.63, 3.8) is 0 Å². The van der Waals surface area contributed by atoms with Crippen molar-refractivity contribution in [2.24, 2.45) is 0 Å². The number of rotatable bonds is 3. The van der Waals surface area contributed by atoms with Crippen molar-refractivity contribution < 1.29 is 9.21 Å². The van der Waals surface area contributed by atoms with Gasteiger partial charge in [-0.2, -0.15) is 5.10 Å². The first kappa shape index (κ1) is 13.1. The highest BCUT2D eigenvalue weighted by atomic mass is 16.3. The maximum Gasteiger partial charge on any atom is 0.249 e. The van der Waals surface area contributed by atoms with Crippen LogP contribution in [0.3, 0.4) is 0 Å². The first-order valence-corrected chi connectivity index (χ1v) is 6.49. The molecule has 6 nitrogen and oxygen atoms in total. The van der Waals surface area contributed by atoms with Crippen LogP contribution < -0.4 is 5.32 Å². The molecule has 0 fully saturated rings. The van der Waals surface area contributed by atoms with Crippen LogP contribution in [-0.4, -0.2) is 21.1 Å². The summed E-state index contributed by atoms with van der Waals surface area (Å²) in [7, 11) is 0. The number of aryl methyl sites for hydroxylation is 1. The number of oxazole rings is 1. The Hall–Kier alpha value is -2.89. The van der Waals surface area contributed by atoms with E-state index in [2.05, 4.69) is 20.5 Å². The maximum atomic E-state index is 11.8. The summed E-state index contributed by atoms with van der Waals surface area (Å²) in [5, 5.41) is 9.53. The van der Waals surface area contributed by atoms with Crippen molar-refractivity contribution in [3.8, 4) is 0 Å². The number of H-pyrrole nitrogens is 1. The largest absolute Gasteiger partial charge is 0.437 e. The van der Waals surface area contributed by atoms with Gasteiger partial charge in [0.15, 0.2) is 11.4 Å². The second kappa shape index (κ2) is 5.24. The number of carbonyl (C=O) groups is 1. The van der Waals surface area contributed by atoms with Gasteiger partial charge in [-0.25, -0.2) is 4.98 Å². The van der Waals surface area contributed by atoms with E-state index in [0.29, 0.717) is 17.3 Å². The number of benzene rings is 1. The number of anilines is 1. The van der Waals surface area contributed by atoms with Crippen LogP contribution in [0, 0.1) is 13.8 Å². The third-order valence-corrected chi connectivity index (χ3v) is 3.18. The Kier molecular flexibility index (Phi) is 3.27. The molecule has 0 atom stereocenters. The summed E-state index contributed by atoms with van der Waals surface area (Å²) in [6.07, 6.45) is 2.90. The van der Waals surface area contributed by atoms with Crippen LogP contribution in [0.25, 0.3) is 17.2 Å². The second-order valence-corrected chi connectivity index (χ2v) is 4.66. The van der Waals surface area contributed by atoms with Gasteiger partial charge in [0, 0.05) is 23.4 Å². The van der Waals surface area contributed by atoms with Gasteiger partial charge in [-0.05, 0) is 26.0 Å².